The summed E-state index contributed by atoms with van der Waals surface area (Å²) in [6.07, 6.45) is 7.88. The number of anilines is 1. The van der Waals surface area contributed by atoms with Crippen LogP contribution < -0.4 is 5.32 Å². The number of hydrogen-bond donors (Lipinski definition) is 1. The van der Waals surface area contributed by atoms with Crippen molar-refractivity contribution in [2.45, 2.75) is 18.9 Å². The number of oxazole rings is 1. The Bertz CT molecular complexity index is 599. The standard InChI is InChI=1S/C13H15N5O2/c1-14-12-7-15-5-9(17-12)10-3-2-4-18(10)13(19)11-6-16-8-20-11/h5-8,10H,2-4H2,1H3,(H,14,17). The fourth-order valence-electron chi connectivity index (χ4n) is 2.44. The van der Waals surface area contributed by atoms with Crippen LogP contribution in [0.25, 0.3) is 0 Å². The molecule has 20 heavy (non-hydrogen) atoms. The van der Waals surface area contributed by atoms with Crippen molar-refractivity contribution in [1.29, 1.82) is 0 Å². The van der Waals surface area contributed by atoms with E-state index in [1.54, 1.807) is 24.3 Å². The summed E-state index contributed by atoms with van der Waals surface area (Å²) in [7, 11) is 1.79. The molecule has 7 nitrogen and oxygen atoms in total. The van der Waals surface area contributed by atoms with Crippen molar-refractivity contribution in [3.05, 3.63) is 36.4 Å². The maximum Gasteiger partial charge on any atom is 0.291 e. The van der Waals surface area contributed by atoms with Crippen LogP contribution >= 0.6 is 0 Å². The Labute approximate surface area is 116 Å². The van der Waals surface area contributed by atoms with Gasteiger partial charge in [-0.1, -0.05) is 0 Å². The molecule has 104 valence electrons. The fourth-order valence-corrected chi connectivity index (χ4v) is 2.44. The molecule has 3 heterocycles. The summed E-state index contributed by atoms with van der Waals surface area (Å²) in [5.74, 6) is 0.803. The van der Waals surface area contributed by atoms with Gasteiger partial charge in [0.15, 0.2) is 6.39 Å². The first kappa shape index (κ1) is 12.6. The number of carbonyl (C=O) groups is 1. The predicted molar refractivity (Wildman–Crippen MR) is 71.1 cm³/mol. The molecule has 0 aromatic carbocycles. The number of hydrogen-bond acceptors (Lipinski definition) is 6. The second-order valence-corrected chi connectivity index (χ2v) is 4.60. The summed E-state index contributed by atoms with van der Waals surface area (Å²) in [6.45, 7) is 0.690. The van der Waals surface area contributed by atoms with Gasteiger partial charge in [-0.05, 0) is 12.8 Å². The molecule has 1 saturated heterocycles. The molecule has 1 N–H and O–H groups in total. The lowest BCUT2D eigenvalue weighted by molar-refractivity contribution is 0.0700. The van der Waals surface area contributed by atoms with Gasteiger partial charge < -0.3 is 14.6 Å². The van der Waals surface area contributed by atoms with Crippen LogP contribution in [0.3, 0.4) is 0 Å². The van der Waals surface area contributed by atoms with Gasteiger partial charge in [0.25, 0.3) is 5.91 Å². The van der Waals surface area contributed by atoms with Gasteiger partial charge >= 0.3 is 0 Å². The number of rotatable bonds is 3. The van der Waals surface area contributed by atoms with Crippen LogP contribution in [0, 0.1) is 0 Å². The third-order valence-electron chi connectivity index (χ3n) is 3.41. The molecular formula is C13H15N5O2. The van der Waals surface area contributed by atoms with Gasteiger partial charge in [-0.3, -0.25) is 9.78 Å². The Morgan fingerprint density at radius 1 is 1.40 bits per heavy atom. The predicted octanol–water partition coefficient (Wildman–Crippen LogP) is 1.48. The molecule has 0 aliphatic carbocycles. The molecule has 1 amide bonds. The Hall–Kier alpha value is -2.44. The van der Waals surface area contributed by atoms with Gasteiger partial charge in [-0.2, -0.15) is 0 Å². The summed E-state index contributed by atoms with van der Waals surface area (Å²) >= 11 is 0. The second kappa shape index (κ2) is 5.28. The average molecular weight is 273 g/mol. The van der Waals surface area contributed by atoms with Gasteiger partial charge in [0.2, 0.25) is 5.76 Å². The largest absolute Gasteiger partial charge is 0.438 e. The highest BCUT2D eigenvalue weighted by Crippen LogP contribution is 2.32. The number of amides is 1. The van der Waals surface area contributed by atoms with Crippen molar-refractivity contribution in [2.24, 2.45) is 0 Å². The van der Waals surface area contributed by atoms with Crippen molar-refractivity contribution >= 4 is 11.7 Å². The first-order chi connectivity index (χ1) is 9.79. The molecule has 1 atom stereocenters. The maximum atomic E-state index is 12.4. The number of aromatic nitrogens is 3. The van der Waals surface area contributed by atoms with E-state index in [2.05, 4.69) is 20.3 Å². The van der Waals surface area contributed by atoms with Gasteiger partial charge in [-0.15, -0.1) is 0 Å². The molecule has 0 saturated carbocycles. The highest BCUT2D eigenvalue weighted by molar-refractivity contribution is 5.91. The lowest BCUT2D eigenvalue weighted by Crippen LogP contribution is -2.30. The van der Waals surface area contributed by atoms with E-state index in [-0.39, 0.29) is 17.7 Å². The van der Waals surface area contributed by atoms with E-state index in [1.165, 1.54) is 12.6 Å². The topological polar surface area (TPSA) is 84.2 Å². The molecule has 3 rings (SSSR count). The Kier molecular flexibility index (Phi) is 3.32. The zero-order valence-electron chi connectivity index (χ0n) is 11.1. The van der Waals surface area contributed by atoms with Crippen molar-refractivity contribution in [3.63, 3.8) is 0 Å². The number of nitrogens with one attached hydrogen (secondary N) is 1. The van der Waals surface area contributed by atoms with Crippen molar-refractivity contribution in [2.75, 3.05) is 18.9 Å². The normalized spacial score (nSPS) is 18.2. The molecule has 2 aromatic heterocycles. The molecule has 1 aliphatic rings. The zero-order valence-corrected chi connectivity index (χ0v) is 11.1. The summed E-state index contributed by atoms with van der Waals surface area (Å²) in [5, 5.41) is 2.96. The highest BCUT2D eigenvalue weighted by Gasteiger charge is 2.33. The van der Waals surface area contributed by atoms with E-state index in [9.17, 15) is 4.79 Å². The van der Waals surface area contributed by atoms with Crippen LogP contribution in [-0.4, -0.2) is 39.4 Å². The van der Waals surface area contributed by atoms with E-state index in [0.29, 0.717) is 12.4 Å². The summed E-state index contributed by atoms with van der Waals surface area (Å²) in [6, 6.07) is -0.0617. The third-order valence-corrected chi connectivity index (χ3v) is 3.41. The van der Waals surface area contributed by atoms with Crippen LogP contribution in [0.2, 0.25) is 0 Å². The Morgan fingerprint density at radius 3 is 3.05 bits per heavy atom. The van der Waals surface area contributed by atoms with Crippen LogP contribution in [0.5, 0.6) is 0 Å². The lowest BCUT2D eigenvalue weighted by atomic mass is 10.1. The van der Waals surface area contributed by atoms with Gasteiger partial charge in [-0.25, -0.2) is 9.97 Å². The smallest absolute Gasteiger partial charge is 0.291 e. The van der Waals surface area contributed by atoms with Crippen molar-refractivity contribution in [1.82, 2.24) is 19.9 Å². The Morgan fingerprint density at radius 2 is 2.30 bits per heavy atom. The minimum atomic E-state index is -0.151. The van der Waals surface area contributed by atoms with Crippen LogP contribution in [0.15, 0.2) is 29.4 Å². The molecule has 1 aliphatic heterocycles. The highest BCUT2D eigenvalue weighted by atomic mass is 16.3. The first-order valence-corrected chi connectivity index (χ1v) is 6.48. The third kappa shape index (κ3) is 2.22. The second-order valence-electron chi connectivity index (χ2n) is 4.60. The van der Waals surface area contributed by atoms with Gasteiger partial charge in [0.1, 0.15) is 5.82 Å². The van der Waals surface area contributed by atoms with E-state index in [4.69, 9.17) is 4.42 Å². The number of nitrogens with zero attached hydrogens (tertiary/aromatic N) is 4. The van der Waals surface area contributed by atoms with Crippen molar-refractivity contribution in [3.8, 4) is 0 Å². The molecule has 1 fully saturated rings. The summed E-state index contributed by atoms with van der Waals surface area (Å²) in [4.78, 5) is 26.6. The molecular weight excluding hydrogens is 258 g/mol. The number of likely N-dealkylation sites (tertiary alicyclic amines) is 1. The van der Waals surface area contributed by atoms with Crippen molar-refractivity contribution < 1.29 is 9.21 Å². The quantitative estimate of drug-likeness (QED) is 0.912. The van der Waals surface area contributed by atoms with Gasteiger partial charge in [0.05, 0.1) is 30.3 Å². The van der Waals surface area contributed by atoms with E-state index in [1.807, 2.05) is 0 Å². The number of carbonyl (C=O) groups excluding carboxylic acids is 1. The molecule has 0 radical (unpaired) electrons. The van der Waals surface area contributed by atoms with Crippen LogP contribution in [-0.2, 0) is 0 Å². The minimum absolute atomic E-state index is 0.0617. The lowest BCUT2D eigenvalue weighted by Gasteiger charge is -2.23. The SMILES string of the molecule is CNc1cncc(C2CCCN2C(=O)c2cnco2)n1. The molecule has 2 aromatic rings. The average Bonchev–Trinajstić information content (AvgIpc) is 3.17. The molecule has 1 unspecified atom stereocenters. The van der Waals surface area contributed by atoms with E-state index < -0.39 is 0 Å². The Balaban J connectivity index is 1.86. The molecule has 0 bridgehead atoms. The van der Waals surface area contributed by atoms with Crippen LogP contribution in [0.4, 0.5) is 5.82 Å². The van der Waals surface area contributed by atoms with E-state index >= 15 is 0 Å². The summed E-state index contributed by atoms with van der Waals surface area (Å²) < 4.78 is 5.09. The zero-order chi connectivity index (χ0) is 13.9. The van der Waals surface area contributed by atoms with E-state index in [0.717, 1.165) is 18.5 Å². The molecule has 0 spiro atoms. The van der Waals surface area contributed by atoms with Gasteiger partial charge in [0, 0.05) is 13.6 Å². The fraction of sp³-hybridized carbons (Fsp3) is 0.385. The molecule has 7 heteroatoms. The first-order valence-electron chi connectivity index (χ1n) is 6.48. The van der Waals surface area contributed by atoms with Crippen LogP contribution in [0.1, 0.15) is 35.1 Å². The maximum absolute atomic E-state index is 12.4. The summed E-state index contributed by atoms with van der Waals surface area (Å²) in [5.41, 5.74) is 0.794. The monoisotopic (exact) mass is 273 g/mol. The minimum Gasteiger partial charge on any atom is -0.438 e.